The summed E-state index contributed by atoms with van der Waals surface area (Å²) in [5, 5.41) is 5.04. The summed E-state index contributed by atoms with van der Waals surface area (Å²) in [7, 11) is 2.14. The normalized spacial score (nSPS) is 12.5. The molecule has 0 spiro atoms. The monoisotopic (exact) mass is 354 g/mol. The van der Waals surface area contributed by atoms with E-state index in [9.17, 15) is 0 Å². The first-order valence-electron chi connectivity index (χ1n) is 9.63. The summed E-state index contributed by atoms with van der Waals surface area (Å²) in [6.07, 6.45) is 2.25. The van der Waals surface area contributed by atoms with Crippen LogP contribution in [0.2, 0.25) is 0 Å². The van der Waals surface area contributed by atoms with E-state index in [0.717, 1.165) is 11.5 Å². The van der Waals surface area contributed by atoms with E-state index >= 15 is 0 Å². The van der Waals surface area contributed by atoms with Crippen LogP contribution >= 0.6 is 0 Å². The molecule has 0 fully saturated rings. The average molecular weight is 354 g/mol. The highest BCUT2D eigenvalue weighted by molar-refractivity contribution is 6.06. The topological polar surface area (TPSA) is 13.1 Å². The zero-order valence-electron chi connectivity index (χ0n) is 16.6. The summed E-state index contributed by atoms with van der Waals surface area (Å²) >= 11 is 0. The molecule has 1 aromatic heterocycles. The van der Waals surface area contributed by atoms with Gasteiger partial charge >= 0.3 is 0 Å². The van der Waals surface area contributed by atoms with Gasteiger partial charge in [-0.2, -0.15) is 4.57 Å². The number of aryl methyl sites for hydroxylation is 3. The largest absolute Gasteiger partial charge is 0.456 e. The molecular weight excluding hydrogens is 330 g/mol. The maximum atomic E-state index is 6.53. The summed E-state index contributed by atoms with van der Waals surface area (Å²) in [5.74, 6) is 2.40. The molecule has 1 aliphatic heterocycles. The van der Waals surface area contributed by atoms with Gasteiger partial charge in [0.15, 0.2) is 6.20 Å². The van der Waals surface area contributed by atoms with Gasteiger partial charge in [0.2, 0.25) is 5.69 Å². The SMILES string of the molecule is Cc1c2c(cc3ccccc13)Oc1cc(C(C)C)cc3c(C)c[n+](C)c-2c13. The van der Waals surface area contributed by atoms with Crippen LogP contribution in [0.4, 0.5) is 0 Å². The summed E-state index contributed by atoms with van der Waals surface area (Å²) in [4.78, 5) is 0. The molecule has 0 saturated heterocycles. The second-order valence-electron chi connectivity index (χ2n) is 8.07. The molecule has 0 unspecified atom stereocenters. The third kappa shape index (κ3) is 2.22. The van der Waals surface area contributed by atoms with E-state index in [4.69, 9.17) is 4.74 Å². The number of pyridine rings is 1. The second-order valence-corrected chi connectivity index (χ2v) is 8.07. The third-order valence-corrected chi connectivity index (χ3v) is 5.92. The lowest BCUT2D eigenvalue weighted by Gasteiger charge is -2.23. The number of ether oxygens (including phenoxy) is 1. The van der Waals surface area contributed by atoms with Crippen LogP contribution in [-0.2, 0) is 7.05 Å². The zero-order valence-corrected chi connectivity index (χ0v) is 16.6. The van der Waals surface area contributed by atoms with Crippen LogP contribution in [0.15, 0.2) is 48.7 Å². The van der Waals surface area contributed by atoms with Crippen molar-refractivity contribution in [3.05, 3.63) is 65.4 Å². The summed E-state index contributed by atoms with van der Waals surface area (Å²) in [6.45, 7) is 8.88. The lowest BCUT2D eigenvalue weighted by Crippen LogP contribution is -2.32. The van der Waals surface area contributed by atoms with E-state index in [1.807, 2.05) is 0 Å². The van der Waals surface area contributed by atoms with Gasteiger partial charge in [0.1, 0.15) is 18.5 Å². The van der Waals surface area contributed by atoms with Gasteiger partial charge in [-0.1, -0.05) is 38.1 Å². The molecule has 134 valence electrons. The Morgan fingerprint density at radius 2 is 1.70 bits per heavy atom. The van der Waals surface area contributed by atoms with Crippen molar-refractivity contribution in [1.82, 2.24) is 0 Å². The molecule has 4 aromatic rings. The molecule has 0 atom stereocenters. The van der Waals surface area contributed by atoms with E-state index in [0.29, 0.717) is 5.92 Å². The highest BCUT2D eigenvalue weighted by Crippen LogP contribution is 2.49. The lowest BCUT2D eigenvalue weighted by atomic mass is 9.89. The molecule has 2 heteroatoms. The smallest absolute Gasteiger partial charge is 0.228 e. The van der Waals surface area contributed by atoms with Crippen LogP contribution in [0.3, 0.4) is 0 Å². The summed E-state index contributed by atoms with van der Waals surface area (Å²) in [6, 6.07) is 15.3. The fraction of sp³-hybridized carbons (Fsp3) is 0.240. The van der Waals surface area contributed by atoms with Crippen LogP contribution in [0.25, 0.3) is 32.8 Å². The van der Waals surface area contributed by atoms with E-state index in [1.165, 1.54) is 49.5 Å². The van der Waals surface area contributed by atoms with E-state index in [-0.39, 0.29) is 0 Å². The van der Waals surface area contributed by atoms with Crippen LogP contribution < -0.4 is 9.30 Å². The van der Waals surface area contributed by atoms with Gasteiger partial charge in [-0.3, -0.25) is 0 Å². The van der Waals surface area contributed by atoms with Gasteiger partial charge in [-0.15, -0.1) is 0 Å². The first kappa shape index (κ1) is 16.3. The molecule has 0 radical (unpaired) electrons. The van der Waals surface area contributed by atoms with Crippen LogP contribution in [0, 0.1) is 13.8 Å². The molecular formula is C25H24NO+. The number of hydrogen-bond donors (Lipinski definition) is 0. The predicted molar refractivity (Wildman–Crippen MR) is 112 cm³/mol. The van der Waals surface area contributed by atoms with Gasteiger partial charge in [0.05, 0.1) is 10.9 Å². The number of rotatable bonds is 1. The van der Waals surface area contributed by atoms with Crippen LogP contribution in [-0.4, -0.2) is 0 Å². The van der Waals surface area contributed by atoms with Crippen molar-refractivity contribution in [1.29, 1.82) is 0 Å². The molecule has 3 aromatic carbocycles. The van der Waals surface area contributed by atoms with E-state index < -0.39 is 0 Å². The van der Waals surface area contributed by atoms with Crippen molar-refractivity contribution < 1.29 is 9.30 Å². The van der Waals surface area contributed by atoms with Crippen molar-refractivity contribution in [2.75, 3.05) is 0 Å². The predicted octanol–water partition coefficient (Wildman–Crippen LogP) is 6.33. The lowest BCUT2D eigenvalue weighted by molar-refractivity contribution is -0.659. The molecule has 2 heterocycles. The minimum absolute atomic E-state index is 0.464. The number of nitrogens with zero attached hydrogens (tertiary/aromatic N) is 1. The van der Waals surface area contributed by atoms with Crippen LogP contribution in [0.1, 0.15) is 36.5 Å². The molecule has 0 amide bonds. The summed E-state index contributed by atoms with van der Waals surface area (Å²) in [5.41, 5.74) is 6.35. The Labute approximate surface area is 160 Å². The van der Waals surface area contributed by atoms with Crippen molar-refractivity contribution in [2.45, 2.75) is 33.6 Å². The van der Waals surface area contributed by atoms with Gasteiger partial charge in [-0.25, -0.2) is 0 Å². The Morgan fingerprint density at radius 3 is 2.48 bits per heavy atom. The van der Waals surface area contributed by atoms with Gasteiger partial charge in [0, 0.05) is 10.9 Å². The minimum atomic E-state index is 0.464. The van der Waals surface area contributed by atoms with Gasteiger partial charge in [-0.05, 0) is 59.9 Å². The molecule has 5 rings (SSSR count). The number of benzene rings is 3. The standard InChI is InChI=1S/C25H24NO/c1-14(2)18-10-20-15(3)13-26(5)25-23-16(4)19-9-7-6-8-17(19)11-21(23)27-22(12-18)24(20)25/h6-14H,1-5H3/q+1. The molecule has 0 N–H and O–H groups in total. The van der Waals surface area contributed by atoms with Crippen molar-refractivity contribution in [3.8, 4) is 22.8 Å². The Balaban J connectivity index is 1.97. The van der Waals surface area contributed by atoms with E-state index in [2.05, 4.69) is 88.0 Å². The fourth-order valence-electron chi connectivity index (χ4n) is 4.50. The van der Waals surface area contributed by atoms with Gasteiger partial charge < -0.3 is 4.74 Å². The second kappa shape index (κ2) is 5.56. The average Bonchev–Trinajstić information content (AvgIpc) is 2.64. The highest BCUT2D eigenvalue weighted by Gasteiger charge is 2.31. The first-order valence-corrected chi connectivity index (χ1v) is 9.63. The molecule has 1 aliphatic rings. The molecule has 0 aliphatic carbocycles. The summed E-state index contributed by atoms with van der Waals surface area (Å²) < 4.78 is 8.79. The zero-order chi connectivity index (χ0) is 18.9. The first-order chi connectivity index (χ1) is 13.0. The Bertz CT molecular complexity index is 1250. The molecule has 0 saturated carbocycles. The molecule has 0 bridgehead atoms. The van der Waals surface area contributed by atoms with Crippen molar-refractivity contribution >= 4 is 21.5 Å². The van der Waals surface area contributed by atoms with Crippen molar-refractivity contribution in [2.24, 2.45) is 7.05 Å². The fourth-order valence-corrected chi connectivity index (χ4v) is 4.50. The Morgan fingerprint density at radius 1 is 0.926 bits per heavy atom. The number of aromatic nitrogens is 1. The minimum Gasteiger partial charge on any atom is -0.456 e. The maximum absolute atomic E-state index is 6.53. The Hall–Kier alpha value is -2.87. The quantitative estimate of drug-likeness (QED) is 0.321. The van der Waals surface area contributed by atoms with Crippen molar-refractivity contribution in [3.63, 3.8) is 0 Å². The third-order valence-electron chi connectivity index (χ3n) is 5.92. The van der Waals surface area contributed by atoms with Gasteiger partial charge in [0.25, 0.3) is 0 Å². The van der Waals surface area contributed by atoms with E-state index in [1.54, 1.807) is 0 Å². The maximum Gasteiger partial charge on any atom is 0.228 e. The number of fused-ring (bicyclic) bond motifs is 3. The molecule has 2 nitrogen and oxygen atoms in total. The highest BCUT2D eigenvalue weighted by atomic mass is 16.5. The Kier molecular flexibility index (Phi) is 3.36. The number of hydrogen-bond acceptors (Lipinski definition) is 1. The van der Waals surface area contributed by atoms with Crippen LogP contribution in [0.5, 0.6) is 11.5 Å². The molecule has 27 heavy (non-hydrogen) atoms.